The van der Waals surface area contributed by atoms with Crippen molar-refractivity contribution in [2.45, 2.75) is 38.6 Å². The fraction of sp³-hybridized carbons (Fsp3) is 0.769. The lowest BCUT2D eigenvalue weighted by atomic mass is 9.85. The summed E-state index contributed by atoms with van der Waals surface area (Å²) in [4.78, 5) is 16.9. The van der Waals surface area contributed by atoms with Crippen LogP contribution in [0.3, 0.4) is 0 Å². The van der Waals surface area contributed by atoms with E-state index < -0.39 is 0 Å². The zero-order valence-corrected chi connectivity index (χ0v) is 12.9. The first kappa shape index (κ1) is 14.3. The second-order valence-corrected chi connectivity index (χ2v) is 5.88. The number of aromatic nitrogens is 3. The smallest absolute Gasteiger partial charge is 0.231 e. The van der Waals surface area contributed by atoms with Crippen molar-refractivity contribution in [1.82, 2.24) is 15.0 Å². The van der Waals surface area contributed by atoms with Crippen LogP contribution in [0, 0.1) is 5.92 Å². The molecule has 1 fully saturated rings. The predicted octanol–water partition coefficient (Wildman–Crippen LogP) is 2.61. The Labute approximate surface area is 120 Å². The maximum absolute atomic E-state index is 6.00. The van der Waals surface area contributed by atoms with Crippen LogP contribution in [-0.4, -0.2) is 42.1 Å². The van der Waals surface area contributed by atoms with Gasteiger partial charge in [0.05, 0.1) is 0 Å². The fourth-order valence-corrected chi connectivity index (χ4v) is 2.86. The maximum atomic E-state index is 6.00. The average molecular weight is 284 g/mol. The predicted molar refractivity (Wildman–Crippen MR) is 79.0 cm³/mol. The quantitative estimate of drug-likeness (QED) is 0.853. The number of hydrogen-bond donors (Lipinski definition) is 0. The van der Waals surface area contributed by atoms with Gasteiger partial charge < -0.3 is 9.80 Å². The Balaban J connectivity index is 2.24. The van der Waals surface area contributed by atoms with Gasteiger partial charge in [-0.25, -0.2) is 0 Å². The van der Waals surface area contributed by atoms with Crippen molar-refractivity contribution in [2.24, 2.45) is 5.92 Å². The molecule has 5 nitrogen and oxygen atoms in total. The topological polar surface area (TPSA) is 45.2 Å². The van der Waals surface area contributed by atoms with Crippen LogP contribution in [0.4, 0.5) is 11.9 Å². The van der Waals surface area contributed by atoms with Gasteiger partial charge in [-0.1, -0.05) is 19.8 Å². The van der Waals surface area contributed by atoms with Crippen LogP contribution in [0.1, 0.15) is 32.6 Å². The van der Waals surface area contributed by atoms with Gasteiger partial charge in [0, 0.05) is 27.2 Å². The van der Waals surface area contributed by atoms with Crippen LogP contribution in [0.15, 0.2) is 0 Å². The first-order valence-electron chi connectivity index (χ1n) is 6.80. The number of anilines is 2. The molecule has 1 heterocycles. The Hall–Kier alpha value is -1.10. The van der Waals surface area contributed by atoms with E-state index in [2.05, 4.69) is 33.8 Å². The fourth-order valence-electron chi connectivity index (χ4n) is 2.71. The molecule has 19 heavy (non-hydrogen) atoms. The highest BCUT2D eigenvalue weighted by molar-refractivity contribution is 6.28. The van der Waals surface area contributed by atoms with Crippen LogP contribution in [0.2, 0.25) is 5.28 Å². The number of nitrogens with zero attached hydrogens (tertiary/aromatic N) is 5. The number of rotatable bonds is 3. The second kappa shape index (κ2) is 5.90. The summed E-state index contributed by atoms with van der Waals surface area (Å²) < 4.78 is 0. The van der Waals surface area contributed by atoms with E-state index in [0.29, 0.717) is 23.9 Å². The van der Waals surface area contributed by atoms with E-state index in [1.807, 2.05) is 19.0 Å². The van der Waals surface area contributed by atoms with E-state index >= 15 is 0 Å². The Bertz CT molecular complexity index is 437. The molecule has 2 atom stereocenters. The van der Waals surface area contributed by atoms with Gasteiger partial charge in [-0.3, -0.25) is 0 Å². The molecule has 0 radical (unpaired) electrons. The first-order chi connectivity index (χ1) is 8.99. The summed E-state index contributed by atoms with van der Waals surface area (Å²) >= 11 is 6.00. The molecule has 1 aliphatic carbocycles. The highest BCUT2D eigenvalue weighted by atomic mass is 35.5. The molecule has 1 aromatic heterocycles. The summed E-state index contributed by atoms with van der Waals surface area (Å²) in [5, 5.41) is 0.254. The second-order valence-electron chi connectivity index (χ2n) is 5.54. The van der Waals surface area contributed by atoms with E-state index in [4.69, 9.17) is 11.6 Å². The van der Waals surface area contributed by atoms with Crippen LogP contribution in [0.25, 0.3) is 0 Å². The van der Waals surface area contributed by atoms with Crippen LogP contribution >= 0.6 is 11.6 Å². The number of hydrogen-bond acceptors (Lipinski definition) is 5. The van der Waals surface area contributed by atoms with E-state index in [9.17, 15) is 0 Å². The lowest BCUT2D eigenvalue weighted by Gasteiger charge is -2.36. The summed E-state index contributed by atoms with van der Waals surface area (Å²) in [6.07, 6.45) is 5.07. The molecular formula is C13H22ClN5. The van der Waals surface area contributed by atoms with Gasteiger partial charge in [0.1, 0.15) is 0 Å². The molecule has 0 spiro atoms. The molecule has 1 aliphatic rings. The molecule has 0 aromatic carbocycles. The standard InChI is InChI=1S/C13H22ClN5/c1-9-7-5-6-8-10(9)19(4)13-16-11(14)15-12(17-13)18(2)3/h9-10H,5-8H2,1-4H3. The summed E-state index contributed by atoms with van der Waals surface area (Å²) in [5.41, 5.74) is 0. The van der Waals surface area contributed by atoms with E-state index in [0.717, 1.165) is 0 Å². The van der Waals surface area contributed by atoms with Gasteiger partial charge in [0.15, 0.2) is 0 Å². The minimum absolute atomic E-state index is 0.254. The Morgan fingerprint density at radius 2 is 1.63 bits per heavy atom. The minimum Gasteiger partial charge on any atom is -0.347 e. The minimum atomic E-state index is 0.254. The molecule has 6 heteroatoms. The van der Waals surface area contributed by atoms with Gasteiger partial charge in [-0.2, -0.15) is 15.0 Å². The molecule has 0 aliphatic heterocycles. The molecule has 0 amide bonds. The third kappa shape index (κ3) is 3.26. The van der Waals surface area contributed by atoms with Crippen molar-refractivity contribution in [2.75, 3.05) is 30.9 Å². The van der Waals surface area contributed by atoms with Gasteiger partial charge in [-0.05, 0) is 30.4 Å². The maximum Gasteiger partial charge on any atom is 0.231 e. The van der Waals surface area contributed by atoms with Crippen molar-refractivity contribution in [1.29, 1.82) is 0 Å². The zero-order chi connectivity index (χ0) is 14.0. The Kier molecular flexibility index (Phi) is 4.45. The molecule has 1 saturated carbocycles. The molecule has 0 bridgehead atoms. The third-order valence-corrected chi connectivity index (χ3v) is 4.03. The highest BCUT2D eigenvalue weighted by Gasteiger charge is 2.27. The summed E-state index contributed by atoms with van der Waals surface area (Å²) in [6, 6.07) is 0.488. The molecule has 0 saturated heterocycles. The van der Waals surface area contributed by atoms with Gasteiger partial charge >= 0.3 is 0 Å². The molecule has 2 unspecified atom stereocenters. The van der Waals surface area contributed by atoms with E-state index in [-0.39, 0.29) is 5.28 Å². The van der Waals surface area contributed by atoms with Crippen molar-refractivity contribution in [3.8, 4) is 0 Å². The van der Waals surface area contributed by atoms with Crippen molar-refractivity contribution < 1.29 is 0 Å². The summed E-state index contributed by atoms with van der Waals surface area (Å²) in [7, 11) is 5.86. The van der Waals surface area contributed by atoms with Crippen molar-refractivity contribution in [3.05, 3.63) is 5.28 Å². The lowest BCUT2D eigenvalue weighted by molar-refractivity contribution is 0.319. The van der Waals surface area contributed by atoms with Crippen molar-refractivity contribution >= 4 is 23.5 Å². The summed E-state index contributed by atoms with van der Waals surface area (Å²) in [6.45, 7) is 2.30. The van der Waals surface area contributed by atoms with Crippen LogP contribution < -0.4 is 9.80 Å². The van der Waals surface area contributed by atoms with Crippen LogP contribution in [-0.2, 0) is 0 Å². The normalized spacial score (nSPS) is 23.2. The lowest BCUT2D eigenvalue weighted by Crippen LogP contribution is -2.40. The average Bonchev–Trinajstić information content (AvgIpc) is 2.37. The van der Waals surface area contributed by atoms with Gasteiger partial charge in [0.2, 0.25) is 17.2 Å². The molecular weight excluding hydrogens is 262 g/mol. The van der Waals surface area contributed by atoms with Gasteiger partial charge in [-0.15, -0.1) is 0 Å². The van der Waals surface area contributed by atoms with E-state index in [1.165, 1.54) is 25.7 Å². The molecule has 106 valence electrons. The SMILES string of the molecule is CC1CCCCC1N(C)c1nc(Cl)nc(N(C)C)n1. The van der Waals surface area contributed by atoms with E-state index in [1.54, 1.807) is 0 Å². The third-order valence-electron chi connectivity index (χ3n) is 3.86. The van der Waals surface area contributed by atoms with Gasteiger partial charge in [0.25, 0.3) is 0 Å². The highest BCUT2D eigenvalue weighted by Crippen LogP contribution is 2.29. The molecule has 2 rings (SSSR count). The zero-order valence-electron chi connectivity index (χ0n) is 12.1. The summed E-state index contributed by atoms with van der Waals surface area (Å²) in [5.74, 6) is 1.94. The Morgan fingerprint density at radius 1 is 1.00 bits per heavy atom. The molecule has 1 aromatic rings. The monoisotopic (exact) mass is 283 g/mol. The first-order valence-corrected chi connectivity index (χ1v) is 7.18. The number of halogens is 1. The van der Waals surface area contributed by atoms with Crippen molar-refractivity contribution in [3.63, 3.8) is 0 Å². The van der Waals surface area contributed by atoms with Crippen LogP contribution in [0.5, 0.6) is 0 Å². The Morgan fingerprint density at radius 3 is 2.26 bits per heavy atom. The largest absolute Gasteiger partial charge is 0.347 e. The molecule has 0 N–H and O–H groups in total.